The molecular formula is C15H16N4O. The van der Waals surface area contributed by atoms with Crippen LogP contribution >= 0.6 is 0 Å². The number of anilines is 1. The Kier molecular flexibility index (Phi) is 3.40. The van der Waals surface area contributed by atoms with Gasteiger partial charge in [-0.25, -0.2) is 0 Å². The van der Waals surface area contributed by atoms with Crippen molar-refractivity contribution in [2.24, 2.45) is 4.99 Å². The third-order valence-electron chi connectivity index (χ3n) is 3.59. The van der Waals surface area contributed by atoms with E-state index in [1.807, 2.05) is 17.1 Å². The highest BCUT2D eigenvalue weighted by Gasteiger charge is 2.29. The van der Waals surface area contributed by atoms with E-state index in [4.69, 9.17) is 10.00 Å². The number of hydrazine groups is 1. The monoisotopic (exact) mass is 268 g/mol. The fourth-order valence-corrected chi connectivity index (χ4v) is 2.56. The van der Waals surface area contributed by atoms with Crippen LogP contribution in [0.25, 0.3) is 0 Å². The lowest BCUT2D eigenvalue weighted by atomic mass is 10.2. The Bertz CT molecular complexity index is 597. The molecule has 2 aliphatic rings. The van der Waals surface area contributed by atoms with Gasteiger partial charge in [-0.3, -0.25) is 15.4 Å². The topological polar surface area (TPSA) is 60.6 Å². The van der Waals surface area contributed by atoms with Gasteiger partial charge in [-0.1, -0.05) is 0 Å². The Labute approximate surface area is 118 Å². The van der Waals surface area contributed by atoms with Crippen molar-refractivity contribution in [3.63, 3.8) is 0 Å². The maximum absolute atomic E-state index is 8.78. The molecule has 0 amide bonds. The lowest BCUT2D eigenvalue weighted by Crippen LogP contribution is -2.31. The van der Waals surface area contributed by atoms with Gasteiger partial charge in [0.05, 0.1) is 29.1 Å². The summed E-state index contributed by atoms with van der Waals surface area (Å²) in [6.07, 6.45) is 4.26. The quantitative estimate of drug-likeness (QED) is 0.913. The number of ether oxygens (including phenoxy) is 1. The van der Waals surface area contributed by atoms with E-state index >= 15 is 0 Å². The van der Waals surface area contributed by atoms with Crippen LogP contribution in [0.1, 0.15) is 18.4 Å². The van der Waals surface area contributed by atoms with E-state index in [0.29, 0.717) is 12.2 Å². The molecule has 0 aromatic heterocycles. The maximum atomic E-state index is 8.78. The van der Waals surface area contributed by atoms with Crippen molar-refractivity contribution >= 4 is 11.4 Å². The molecule has 1 aromatic carbocycles. The van der Waals surface area contributed by atoms with Crippen molar-refractivity contribution in [2.75, 3.05) is 19.2 Å². The number of benzene rings is 1. The Morgan fingerprint density at radius 2 is 2.20 bits per heavy atom. The molecule has 3 rings (SSSR count). The van der Waals surface area contributed by atoms with Gasteiger partial charge in [0.15, 0.2) is 0 Å². The first-order chi connectivity index (χ1) is 9.80. The molecule has 1 unspecified atom stereocenters. The summed E-state index contributed by atoms with van der Waals surface area (Å²) in [6, 6.07) is 9.49. The van der Waals surface area contributed by atoms with Crippen LogP contribution in [0.15, 0.2) is 41.0 Å². The van der Waals surface area contributed by atoms with Crippen LogP contribution in [0.5, 0.6) is 0 Å². The number of aliphatic imine (C=N–C) groups is 1. The van der Waals surface area contributed by atoms with Gasteiger partial charge >= 0.3 is 0 Å². The standard InChI is InChI=1S/C15H16N4O/c1-20-14-7-4-12-9-19(10-17-15(12)14)18-13-5-2-11(8-16)3-6-13/h2-3,5-6,9,14,18H,4,7,10H2,1H3. The minimum Gasteiger partial charge on any atom is -0.375 e. The molecule has 1 aliphatic carbocycles. The van der Waals surface area contributed by atoms with E-state index in [-0.39, 0.29) is 6.10 Å². The molecule has 0 spiro atoms. The second kappa shape index (κ2) is 5.35. The summed E-state index contributed by atoms with van der Waals surface area (Å²) in [5.41, 5.74) is 7.21. The number of nitriles is 1. The van der Waals surface area contributed by atoms with Crippen LogP contribution in [0.4, 0.5) is 5.69 Å². The molecule has 5 heteroatoms. The highest BCUT2D eigenvalue weighted by atomic mass is 16.5. The molecule has 1 N–H and O–H groups in total. The molecule has 102 valence electrons. The SMILES string of the molecule is COC1CCC2=CN(Nc3ccc(C#N)cc3)CN=C21. The maximum Gasteiger partial charge on any atom is 0.129 e. The second-order valence-electron chi connectivity index (χ2n) is 4.87. The summed E-state index contributed by atoms with van der Waals surface area (Å²) in [5, 5.41) is 10.7. The molecule has 1 saturated carbocycles. The minimum absolute atomic E-state index is 0.151. The number of nitrogens with one attached hydrogen (secondary N) is 1. The van der Waals surface area contributed by atoms with Gasteiger partial charge in [0.25, 0.3) is 0 Å². The Morgan fingerprint density at radius 1 is 1.40 bits per heavy atom. The highest BCUT2D eigenvalue weighted by Crippen LogP contribution is 2.27. The first-order valence-corrected chi connectivity index (χ1v) is 6.62. The zero-order valence-electron chi connectivity index (χ0n) is 11.3. The molecule has 0 radical (unpaired) electrons. The van der Waals surface area contributed by atoms with Crippen molar-refractivity contribution in [2.45, 2.75) is 18.9 Å². The highest BCUT2D eigenvalue weighted by molar-refractivity contribution is 6.05. The Morgan fingerprint density at radius 3 is 2.90 bits per heavy atom. The van der Waals surface area contributed by atoms with Crippen LogP contribution in [-0.4, -0.2) is 30.6 Å². The van der Waals surface area contributed by atoms with E-state index < -0.39 is 0 Å². The number of fused-ring (bicyclic) bond motifs is 1. The summed E-state index contributed by atoms with van der Waals surface area (Å²) in [6.45, 7) is 0.568. The lowest BCUT2D eigenvalue weighted by Gasteiger charge is -2.25. The molecule has 1 heterocycles. The van der Waals surface area contributed by atoms with Gasteiger partial charge in [0, 0.05) is 13.3 Å². The van der Waals surface area contributed by atoms with Crippen molar-refractivity contribution in [3.8, 4) is 6.07 Å². The molecule has 1 fully saturated rings. The third kappa shape index (κ3) is 2.38. The lowest BCUT2D eigenvalue weighted by molar-refractivity contribution is 0.156. The smallest absolute Gasteiger partial charge is 0.129 e. The average molecular weight is 268 g/mol. The van der Waals surface area contributed by atoms with Gasteiger partial charge < -0.3 is 4.74 Å². The summed E-state index contributed by atoms with van der Waals surface area (Å²) in [5.74, 6) is 0. The molecule has 1 aromatic rings. The fourth-order valence-electron chi connectivity index (χ4n) is 2.56. The first-order valence-electron chi connectivity index (χ1n) is 6.62. The molecule has 5 nitrogen and oxygen atoms in total. The van der Waals surface area contributed by atoms with Crippen LogP contribution in [-0.2, 0) is 4.74 Å². The van der Waals surface area contributed by atoms with Crippen LogP contribution in [0, 0.1) is 11.3 Å². The number of hydrogen-bond acceptors (Lipinski definition) is 5. The van der Waals surface area contributed by atoms with Crippen LogP contribution in [0.3, 0.4) is 0 Å². The number of nitrogens with zero attached hydrogens (tertiary/aromatic N) is 3. The minimum atomic E-state index is 0.151. The van der Waals surface area contributed by atoms with Gasteiger partial charge in [-0.2, -0.15) is 5.26 Å². The van der Waals surface area contributed by atoms with Gasteiger partial charge in [-0.05, 0) is 42.7 Å². The summed E-state index contributed by atoms with van der Waals surface area (Å²) in [4.78, 5) is 4.59. The summed E-state index contributed by atoms with van der Waals surface area (Å²) in [7, 11) is 1.73. The predicted molar refractivity (Wildman–Crippen MR) is 77.0 cm³/mol. The molecule has 0 saturated heterocycles. The molecule has 1 aliphatic heterocycles. The number of rotatable bonds is 3. The predicted octanol–water partition coefficient (Wildman–Crippen LogP) is 2.29. The average Bonchev–Trinajstić information content (AvgIpc) is 2.90. The second-order valence-corrected chi connectivity index (χ2v) is 4.87. The van der Waals surface area contributed by atoms with Crippen molar-refractivity contribution in [1.29, 1.82) is 5.26 Å². The number of methoxy groups -OCH3 is 1. The van der Waals surface area contributed by atoms with E-state index in [1.54, 1.807) is 19.2 Å². The van der Waals surface area contributed by atoms with Gasteiger partial charge in [0.1, 0.15) is 6.67 Å². The zero-order valence-corrected chi connectivity index (χ0v) is 11.3. The van der Waals surface area contributed by atoms with E-state index in [2.05, 4.69) is 22.7 Å². The Hall–Kier alpha value is -2.32. The van der Waals surface area contributed by atoms with Crippen molar-refractivity contribution in [1.82, 2.24) is 5.01 Å². The summed E-state index contributed by atoms with van der Waals surface area (Å²) >= 11 is 0. The zero-order chi connectivity index (χ0) is 13.9. The van der Waals surface area contributed by atoms with Crippen LogP contribution < -0.4 is 5.43 Å². The van der Waals surface area contributed by atoms with E-state index in [9.17, 15) is 0 Å². The molecule has 1 atom stereocenters. The third-order valence-corrected chi connectivity index (χ3v) is 3.59. The van der Waals surface area contributed by atoms with Crippen molar-refractivity contribution in [3.05, 3.63) is 41.6 Å². The molecule has 20 heavy (non-hydrogen) atoms. The normalized spacial score (nSPS) is 20.8. The van der Waals surface area contributed by atoms with Crippen LogP contribution in [0.2, 0.25) is 0 Å². The molecule has 0 bridgehead atoms. The summed E-state index contributed by atoms with van der Waals surface area (Å²) < 4.78 is 5.42. The van der Waals surface area contributed by atoms with E-state index in [0.717, 1.165) is 24.2 Å². The number of hydrogen-bond donors (Lipinski definition) is 1. The Balaban J connectivity index is 1.69. The largest absolute Gasteiger partial charge is 0.375 e. The fraction of sp³-hybridized carbons (Fsp3) is 0.333. The molecular weight excluding hydrogens is 252 g/mol. The van der Waals surface area contributed by atoms with Gasteiger partial charge in [-0.15, -0.1) is 0 Å². The van der Waals surface area contributed by atoms with Crippen molar-refractivity contribution < 1.29 is 4.74 Å². The van der Waals surface area contributed by atoms with E-state index in [1.165, 1.54) is 5.57 Å². The first kappa shape index (κ1) is 12.7. The van der Waals surface area contributed by atoms with Gasteiger partial charge in [0.2, 0.25) is 0 Å².